The number of pyridine rings is 1. The zero-order valence-corrected chi connectivity index (χ0v) is 19.5. The molecule has 0 fully saturated rings. The van der Waals surface area contributed by atoms with Crippen molar-refractivity contribution in [3.8, 4) is 11.5 Å². The fourth-order valence-corrected chi connectivity index (χ4v) is 3.69. The van der Waals surface area contributed by atoms with E-state index in [0.29, 0.717) is 46.7 Å². The lowest BCUT2D eigenvalue weighted by molar-refractivity contribution is -0.119. The van der Waals surface area contributed by atoms with Gasteiger partial charge in [-0.2, -0.15) is 0 Å². The maximum Gasteiger partial charge on any atom is 0.339 e. The van der Waals surface area contributed by atoms with Crippen molar-refractivity contribution in [2.24, 2.45) is 0 Å². The van der Waals surface area contributed by atoms with Crippen LogP contribution < -0.4 is 5.32 Å². The molecule has 8 heteroatoms. The van der Waals surface area contributed by atoms with E-state index >= 15 is 0 Å². The summed E-state index contributed by atoms with van der Waals surface area (Å²) in [6, 6.07) is 18.9. The summed E-state index contributed by atoms with van der Waals surface area (Å²) in [4.78, 5) is 43.9. The van der Waals surface area contributed by atoms with Gasteiger partial charge < -0.3 is 19.4 Å². The molecule has 0 aliphatic carbocycles. The number of hydrogen-bond donors (Lipinski definition) is 1. The van der Waals surface area contributed by atoms with Crippen molar-refractivity contribution in [1.82, 2.24) is 9.88 Å². The normalized spacial score (nSPS) is 10.7. The van der Waals surface area contributed by atoms with E-state index in [2.05, 4.69) is 10.3 Å². The van der Waals surface area contributed by atoms with Crippen molar-refractivity contribution >= 4 is 34.4 Å². The number of fused-ring (bicyclic) bond motifs is 1. The Morgan fingerprint density at radius 2 is 1.71 bits per heavy atom. The maximum atomic E-state index is 12.9. The second-order valence-electron chi connectivity index (χ2n) is 7.73. The number of carbonyl (C=O) groups is 3. The number of aromatic nitrogens is 1. The number of amides is 2. The Morgan fingerprint density at radius 1 is 0.971 bits per heavy atom. The number of nitrogens with zero attached hydrogens (tertiary/aromatic N) is 2. The predicted molar refractivity (Wildman–Crippen MR) is 132 cm³/mol. The third-order valence-corrected chi connectivity index (χ3v) is 5.51. The molecule has 4 aromatic rings. The Balaban J connectivity index is 1.43. The molecular formula is C27H25N3O5. The van der Waals surface area contributed by atoms with Gasteiger partial charge in [-0.3, -0.25) is 9.59 Å². The van der Waals surface area contributed by atoms with Crippen LogP contribution in [0.4, 0.5) is 5.69 Å². The first-order valence-corrected chi connectivity index (χ1v) is 11.3. The summed E-state index contributed by atoms with van der Waals surface area (Å²) in [5.41, 5.74) is 2.42. The van der Waals surface area contributed by atoms with Crippen LogP contribution in [0.2, 0.25) is 0 Å². The monoisotopic (exact) mass is 471 g/mol. The van der Waals surface area contributed by atoms with Crippen molar-refractivity contribution in [3.05, 3.63) is 84.1 Å². The summed E-state index contributed by atoms with van der Waals surface area (Å²) in [7, 11) is 0. The third kappa shape index (κ3) is 5.38. The van der Waals surface area contributed by atoms with Crippen molar-refractivity contribution < 1.29 is 23.5 Å². The topological polar surface area (TPSA) is 102 Å². The van der Waals surface area contributed by atoms with Crippen molar-refractivity contribution in [2.45, 2.75) is 13.8 Å². The average Bonchev–Trinajstić information content (AvgIpc) is 3.43. The minimum Gasteiger partial charge on any atom is -0.463 e. The second-order valence-corrected chi connectivity index (χ2v) is 7.73. The van der Waals surface area contributed by atoms with Crippen LogP contribution in [0.25, 0.3) is 22.4 Å². The van der Waals surface area contributed by atoms with Crippen LogP contribution in [0.1, 0.15) is 34.6 Å². The molecular weight excluding hydrogens is 446 g/mol. The molecule has 178 valence electrons. The number of rotatable bonds is 8. The van der Waals surface area contributed by atoms with Crippen LogP contribution in [0.3, 0.4) is 0 Å². The van der Waals surface area contributed by atoms with E-state index in [0.717, 1.165) is 0 Å². The molecule has 0 bridgehead atoms. The number of esters is 1. The van der Waals surface area contributed by atoms with Crippen molar-refractivity contribution in [2.75, 3.05) is 25.0 Å². The number of anilines is 1. The number of hydrogen-bond acceptors (Lipinski definition) is 6. The molecule has 2 aromatic heterocycles. The van der Waals surface area contributed by atoms with Gasteiger partial charge in [0.2, 0.25) is 0 Å². The Kier molecular flexibility index (Phi) is 7.21. The summed E-state index contributed by atoms with van der Waals surface area (Å²) >= 11 is 0. The molecule has 0 saturated heterocycles. The molecule has 0 unspecified atom stereocenters. The zero-order chi connectivity index (χ0) is 24.8. The van der Waals surface area contributed by atoms with Crippen LogP contribution in [-0.2, 0) is 9.53 Å². The highest BCUT2D eigenvalue weighted by molar-refractivity contribution is 6.05. The summed E-state index contributed by atoms with van der Waals surface area (Å²) in [5.74, 6) is -0.691. The Hall–Kier alpha value is -4.46. The molecule has 0 aliphatic rings. The van der Waals surface area contributed by atoms with Crippen molar-refractivity contribution in [1.29, 1.82) is 0 Å². The van der Waals surface area contributed by atoms with Gasteiger partial charge in [-0.1, -0.05) is 18.2 Å². The van der Waals surface area contributed by atoms with Crippen LogP contribution in [0, 0.1) is 0 Å². The van der Waals surface area contributed by atoms with E-state index in [1.807, 2.05) is 19.9 Å². The van der Waals surface area contributed by atoms with Gasteiger partial charge in [-0.15, -0.1) is 0 Å². The number of benzene rings is 2. The summed E-state index contributed by atoms with van der Waals surface area (Å²) < 4.78 is 10.7. The number of furan rings is 1. The molecule has 35 heavy (non-hydrogen) atoms. The number of ether oxygens (including phenoxy) is 1. The lowest BCUT2D eigenvalue weighted by atomic mass is 10.1. The largest absolute Gasteiger partial charge is 0.463 e. The highest BCUT2D eigenvalue weighted by Gasteiger charge is 2.18. The first kappa shape index (κ1) is 23.7. The lowest BCUT2D eigenvalue weighted by Crippen LogP contribution is -2.30. The van der Waals surface area contributed by atoms with Gasteiger partial charge in [0, 0.05) is 29.7 Å². The third-order valence-electron chi connectivity index (χ3n) is 5.51. The molecule has 0 atom stereocenters. The van der Waals surface area contributed by atoms with E-state index in [1.54, 1.807) is 65.6 Å². The molecule has 0 spiro atoms. The smallest absolute Gasteiger partial charge is 0.339 e. The van der Waals surface area contributed by atoms with E-state index in [9.17, 15) is 14.4 Å². The lowest BCUT2D eigenvalue weighted by Gasteiger charge is -2.18. The quantitative estimate of drug-likeness (QED) is 0.371. The Morgan fingerprint density at radius 3 is 2.40 bits per heavy atom. The van der Waals surface area contributed by atoms with Gasteiger partial charge in [0.25, 0.3) is 11.8 Å². The molecule has 1 N–H and O–H groups in total. The van der Waals surface area contributed by atoms with Gasteiger partial charge in [0.1, 0.15) is 5.69 Å². The summed E-state index contributed by atoms with van der Waals surface area (Å²) in [6.45, 7) is 4.61. The van der Waals surface area contributed by atoms with E-state index < -0.39 is 18.5 Å². The van der Waals surface area contributed by atoms with Crippen LogP contribution >= 0.6 is 0 Å². The van der Waals surface area contributed by atoms with E-state index in [4.69, 9.17) is 9.15 Å². The second kappa shape index (κ2) is 10.6. The molecule has 0 saturated carbocycles. The standard InChI is InChI=1S/C27H25N3O5/c1-3-30(4-2)26(32)18-11-13-19(14-12-18)28-25(31)17-35-27(33)21-16-23(24-10-7-15-34-24)29-22-9-6-5-8-20(21)22/h5-16H,3-4,17H2,1-2H3,(H,28,31). The SMILES string of the molecule is CCN(CC)C(=O)c1ccc(NC(=O)COC(=O)c2cc(-c3ccco3)nc3ccccc23)cc1. The molecule has 8 nitrogen and oxygen atoms in total. The molecule has 4 rings (SSSR count). The highest BCUT2D eigenvalue weighted by Crippen LogP contribution is 2.25. The minimum atomic E-state index is -0.647. The number of carbonyl (C=O) groups excluding carboxylic acids is 3. The average molecular weight is 472 g/mol. The molecule has 0 radical (unpaired) electrons. The van der Waals surface area contributed by atoms with Crippen LogP contribution in [0.15, 0.2) is 77.4 Å². The number of para-hydroxylation sites is 1. The fraction of sp³-hybridized carbons (Fsp3) is 0.185. The fourth-order valence-electron chi connectivity index (χ4n) is 3.69. The van der Waals surface area contributed by atoms with Crippen LogP contribution in [-0.4, -0.2) is 47.4 Å². The zero-order valence-electron chi connectivity index (χ0n) is 19.5. The first-order valence-electron chi connectivity index (χ1n) is 11.3. The molecule has 2 heterocycles. The van der Waals surface area contributed by atoms with Gasteiger partial charge in [-0.05, 0) is 62.4 Å². The predicted octanol–water partition coefficient (Wildman–Crippen LogP) is 4.77. The Labute approximate surface area is 202 Å². The van der Waals surface area contributed by atoms with Gasteiger partial charge in [-0.25, -0.2) is 9.78 Å². The van der Waals surface area contributed by atoms with E-state index in [1.165, 1.54) is 6.26 Å². The maximum absolute atomic E-state index is 12.9. The summed E-state index contributed by atoms with van der Waals surface area (Å²) in [6.07, 6.45) is 1.53. The van der Waals surface area contributed by atoms with E-state index in [-0.39, 0.29) is 11.5 Å². The van der Waals surface area contributed by atoms with Crippen molar-refractivity contribution in [3.63, 3.8) is 0 Å². The van der Waals surface area contributed by atoms with Gasteiger partial charge in [0.05, 0.1) is 17.3 Å². The molecule has 2 amide bonds. The first-order chi connectivity index (χ1) is 17.0. The highest BCUT2D eigenvalue weighted by atomic mass is 16.5. The summed E-state index contributed by atoms with van der Waals surface area (Å²) in [5, 5.41) is 3.29. The molecule has 2 aromatic carbocycles. The molecule has 0 aliphatic heterocycles. The Bertz CT molecular complexity index is 1340. The van der Waals surface area contributed by atoms with Gasteiger partial charge in [0.15, 0.2) is 12.4 Å². The number of nitrogens with one attached hydrogen (secondary N) is 1. The van der Waals surface area contributed by atoms with Gasteiger partial charge >= 0.3 is 5.97 Å². The van der Waals surface area contributed by atoms with Crippen LogP contribution in [0.5, 0.6) is 0 Å². The minimum absolute atomic E-state index is 0.0692.